The molecule has 1 aromatic heterocycles. The molecule has 1 saturated heterocycles. The van der Waals surface area contributed by atoms with Crippen molar-refractivity contribution in [1.29, 1.82) is 0 Å². The minimum Gasteiger partial charge on any atom is -0.465 e. The zero-order valence-corrected chi connectivity index (χ0v) is 22.5. The zero-order valence-electron chi connectivity index (χ0n) is 21.0. The first-order valence-corrected chi connectivity index (χ1v) is 13.4. The van der Waals surface area contributed by atoms with E-state index in [-0.39, 0.29) is 17.0 Å². The molecule has 8 nitrogen and oxygen atoms in total. The molecule has 3 aliphatic rings. The number of benzene rings is 3. The van der Waals surface area contributed by atoms with Gasteiger partial charge in [-0.25, -0.2) is 14.2 Å². The van der Waals surface area contributed by atoms with Crippen molar-refractivity contribution in [1.82, 2.24) is 14.5 Å². The predicted octanol–water partition coefficient (Wildman–Crippen LogP) is 4.92. The topological polar surface area (TPSA) is 93.5 Å². The Balaban J connectivity index is 1.47. The van der Waals surface area contributed by atoms with E-state index >= 15 is 4.39 Å². The number of amides is 2. The second-order valence-electron chi connectivity index (χ2n) is 10.4. The number of hydrogen-bond donors (Lipinski definition) is 1. The summed E-state index contributed by atoms with van der Waals surface area (Å²) in [5.41, 5.74) is 1.78. The number of anilines is 1. The maximum atomic E-state index is 15.9. The summed E-state index contributed by atoms with van der Waals surface area (Å²) in [5.74, 6) is -2.31. The monoisotopic (exact) mass is 578 g/mol. The van der Waals surface area contributed by atoms with Crippen LogP contribution in [0.25, 0.3) is 11.0 Å². The van der Waals surface area contributed by atoms with Crippen LogP contribution in [0.15, 0.2) is 54.6 Å². The van der Waals surface area contributed by atoms with Gasteiger partial charge in [0.1, 0.15) is 17.2 Å². The molecule has 1 N–H and O–H groups in total. The summed E-state index contributed by atoms with van der Waals surface area (Å²) in [7, 11) is 1.31. The number of hydrogen-bond acceptors (Lipinski definition) is 5. The van der Waals surface area contributed by atoms with Gasteiger partial charge >= 0.3 is 5.97 Å². The van der Waals surface area contributed by atoms with Crippen molar-refractivity contribution in [2.75, 3.05) is 12.4 Å². The van der Waals surface area contributed by atoms with E-state index in [2.05, 4.69) is 5.32 Å². The van der Waals surface area contributed by atoms with Crippen LogP contribution in [0.5, 0.6) is 0 Å². The molecule has 3 aromatic carbocycles. The van der Waals surface area contributed by atoms with Gasteiger partial charge in [-0.15, -0.1) is 0 Å². The average Bonchev–Trinajstić information content (AvgIpc) is 3.55. The fraction of sp³-hybridized carbons (Fsp3) is 0.241. The number of carbonyl (C=O) groups is 3. The van der Waals surface area contributed by atoms with Crippen LogP contribution in [0.2, 0.25) is 10.0 Å². The average molecular weight is 579 g/mol. The first-order chi connectivity index (χ1) is 19.3. The van der Waals surface area contributed by atoms with E-state index in [1.165, 1.54) is 13.2 Å². The van der Waals surface area contributed by atoms with Gasteiger partial charge in [0.15, 0.2) is 0 Å². The summed E-state index contributed by atoms with van der Waals surface area (Å²) in [6.07, 6.45) is 0.838. The normalized spacial score (nSPS) is 24.6. The molecule has 0 bridgehead atoms. The molecule has 1 spiro atoms. The molecule has 0 radical (unpaired) electrons. The Morgan fingerprint density at radius 2 is 2.02 bits per heavy atom. The highest BCUT2D eigenvalue weighted by atomic mass is 35.5. The number of halogens is 3. The molecule has 1 fully saturated rings. The number of likely N-dealkylation sites (tertiary alicyclic amines) is 1. The van der Waals surface area contributed by atoms with Crippen LogP contribution in [0.4, 0.5) is 10.1 Å². The summed E-state index contributed by atoms with van der Waals surface area (Å²) < 4.78 is 22.7. The number of methoxy groups -OCH3 is 1. The summed E-state index contributed by atoms with van der Waals surface area (Å²) in [5, 5.41) is 3.32. The molecule has 4 atom stereocenters. The van der Waals surface area contributed by atoms with Crippen LogP contribution in [-0.4, -0.2) is 51.4 Å². The van der Waals surface area contributed by atoms with E-state index in [0.717, 1.165) is 11.1 Å². The van der Waals surface area contributed by atoms with Crippen LogP contribution in [-0.2, 0) is 27.3 Å². The third-order valence-electron chi connectivity index (χ3n) is 8.58. The summed E-state index contributed by atoms with van der Waals surface area (Å²) in [6.45, 7) is 0.341. The maximum absolute atomic E-state index is 15.9. The standard InChI is InChI=1S/C29H21Cl2FN4O4/c1-40-27(38)14-6-8-21-20(9-14)33-26-23-22(12-35(21)26)36(13-37)29(24(23)17-3-2-4-18(31)25(17)32)11-15-5-7-16(30)10-19(15)34-28(29)39/h2-10,13,22-24H,11-12H2,1H3,(H,34,39)/t22-,23+,24-,29+/m0/s1. The largest absolute Gasteiger partial charge is 0.465 e. The lowest BCUT2D eigenvalue weighted by atomic mass is 9.69. The molecule has 3 aliphatic heterocycles. The molecule has 202 valence electrons. The van der Waals surface area contributed by atoms with E-state index < -0.39 is 41.1 Å². The lowest BCUT2D eigenvalue weighted by molar-refractivity contribution is -0.137. The van der Waals surface area contributed by atoms with Gasteiger partial charge in [-0.05, 0) is 47.5 Å². The number of fused-ring (bicyclic) bond motifs is 6. The Kier molecular flexibility index (Phi) is 5.49. The van der Waals surface area contributed by atoms with Crippen molar-refractivity contribution in [3.63, 3.8) is 0 Å². The molecule has 40 heavy (non-hydrogen) atoms. The molecule has 4 aromatic rings. The molecule has 7 rings (SSSR count). The van der Waals surface area contributed by atoms with Crippen LogP contribution in [0, 0.1) is 5.82 Å². The van der Waals surface area contributed by atoms with Crippen molar-refractivity contribution in [3.05, 3.63) is 93.0 Å². The van der Waals surface area contributed by atoms with Gasteiger partial charge in [-0.2, -0.15) is 0 Å². The number of imidazole rings is 1. The van der Waals surface area contributed by atoms with Gasteiger partial charge in [0.25, 0.3) is 5.91 Å². The first-order valence-electron chi connectivity index (χ1n) is 12.6. The van der Waals surface area contributed by atoms with Gasteiger partial charge in [-0.3, -0.25) is 9.59 Å². The highest BCUT2D eigenvalue weighted by Crippen LogP contribution is 2.59. The number of rotatable bonds is 3. The minimum atomic E-state index is -1.45. The third-order valence-corrected chi connectivity index (χ3v) is 9.10. The molecule has 11 heteroatoms. The van der Waals surface area contributed by atoms with Crippen molar-refractivity contribution >= 4 is 58.2 Å². The zero-order chi connectivity index (χ0) is 27.9. The highest BCUT2D eigenvalue weighted by Gasteiger charge is 2.67. The number of carbonyl (C=O) groups excluding carboxylic acids is 3. The summed E-state index contributed by atoms with van der Waals surface area (Å²) >= 11 is 12.4. The first kappa shape index (κ1) is 25.0. The molecule has 4 heterocycles. The number of aromatic nitrogens is 2. The van der Waals surface area contributed by atoms with E-state index in [1.54, 1.807) is 47.4 Å². The van der Waals surface area contributed by atoms with Crippen molar-refractivity contribution in [3.8, 4) is 0 Å². The Morgan fingerprint density at radius 3 is 2.80 bits per heavy atom. The third kappa shape index (κ3) is 3.25. The van der Waals surface area contributed by atoms with Gasteiger partial charge in [-0.1, -0.05) is 41.4 Å². The van der Waals surface area contributed by atoms with E-state index in [0.29, 0.717) is 40.6 Å². The van der Waals surface area contributed by atoms with E-state index in [4.69, 9.17) is 32.9 Å². The maximum Gasteiger partial charge on any atom is 0.337 e. The quantitative estimate of drug-likeness (QED) is 0.275. The Bertz CT molecular complexity index is 1770. The smallest absolute Gasteiger partial charge is 0.337 e. The second-order valence-corrected chi connectivity index (χ2v) is 11.2. The number of esters is 1. The lowest BCUT2D eigenvalue weighted by Gasteiger charge is -2.44. The lowest BCUT2D eigenvalue weighted by Crippen LogP contribution is -2.61. The predicted molar refractivity (Wildman–Crippen MR) is 146 cm³/mol. The molecule has 0 unspecified atom stereocenters. The summed E-state index contributed by atoms with van der Waals surface area (Å²) in [4.78, 5) is 45.6. The van der Waals surface area contributed by atoms with E-state index in [9.17, 15) is 14.4 Å². The van der Waals surface area contributed by atoms with Crippen LogP contribution >= 0.6 is 23.2 Å². The van der Waals surface area contributed by atoms with Crippen LogP contribution in [0.1, 0.15) is 39.1 Å². The van der Waals surface area contributed by atoms with Gasteiger partial charge in [0.2, 0.25) is 6.41 Å². The Morgan fingerprint density at radius 1 is 1.20 bits per heavy atom. The van der Waals surface area contributed by atoms with Crippen LogP contribution < -0.4 is 5.32 Å². The molecular weight excluding hydrogens is 558 g/mol. The molecular formula is C29H21Cl2FN4O4. The summed E-state index contributed by atoms with van der Waals surface area (Å²) in [6, 6.07) is 14.5. The molecule has 0 aliphatic carbocycles. The van der Waals surface area contributed by atoms with E-state index in [1.807, 2.05) is 10.6 Å². The fourth-order valence-electron chi connectivity index (χ4n) is 6.96. The van der Waals surface area contributed by atoms with Gasteiger partial charge < -0.3 is 19.5 Å². The van der Waals surface area contributed by atoms with Gasteiger partial charge in [0, 0.05) is 35.5 Å². The molecule has 0 saturated carbocycles. The number of ether oxygens (including phenoxy) is 1. The van der Waals surface area contributed by atoms with Crippen LogP contribution in [0.3, 0.4) is 0 Å². The number of nitrogens with zero attached hydrogens (tertiary/aromatic N) is 3. The molecule has 2 amide bonds. The van der Waals surface area contributed by atoms with Crippen molar-refractivity contribution in [2.24, 2.45) is 0 Å². The van der Waals surface area contributed by atoms with Crippen molar-refractivity contribution in [2.45, 2.75) is 36.4 Å². The Hall–Kier alpha value is -3.95. The second kappa shape index (κ2) is 8.78. The fourth-order valence-corrected chi connectivity index (χ4v) is 7.32. The highest BCUT2D eigenvalue weighted by molar-refractivity contribution is 6.31. The van der Waals surface area contributed by atoms with Gasteiger partial charge in [0.05, 0.1) is 34.8 Å². The van der Waals surface area contributed by atoms with Crippen molar-refractivity contribution < 1.29 is 23.5 Å². The minimum absolute atomic E-state index is 0.0774. The number of nitrogens with one attached hydrogen (secondary N) is 1. The Labute approximate surface area is 237 Å². The SMILES string of the molecule is COC(=O)c1ccc2c(c1)nc1n2C[C@H]2[C@@H]1[C@H](c1cccc(Cl)c1F)[C@@]1(Cc3ccc(Cl)cc3NC1=O)N2C=O.